The number of phenols is 1. The molecule has 0 aliphatic carbocycles. The second-order valence-electron chi connectivity index (χ2n) is 3.20. The number of aromatic nitrogens is 1. The third-order valence-corrected chi connectivity index (χ3v) is 2.39. The highest BCUT2D eigenvalue weighted by molar-refractivity contribution is 6.00. The van der Waals surface area contributed by atoms with Gasteiger partial charge in [0.2, 0.25) is 0 Å². The van der Waals surface area contributed by atoms with Crippen molar-refractivity contribution in [3.8, 4) is 5.75 Å². The molecule has 0 aliphatic rings. The number of benzene rings is 1. The number of nitrogens with two attached hydrogens (primary N) is 2. The molecule has 0 atom stereocenters. The molecular formula is C10H11N3O. The molecule has 0 unspecified atom stereocenters. The van der Waals surface area contributed by atoms with Crippen molar-refractivity contribution < 1.29 is 5.11 Å². The van der Waals surface area contributed by atoms with Crippen molar-refractivity contribution in [2.24, 2.45) is 0 Å². The summed E-state index contributed by atoms with van der Waals surface area (Å²) in [5, 5.41) is 10.5. The van der Waals surface area contributed by atoms with Gasteiger partial charge in [0.25, 0.3) is 0 Å². The maximum atomic E-state index is 9.72. The van der Waals surface area contributed by atoms with Gasteiger partial charge in [-0.05, 0) is 24.6 Å². The van der Waals surface area contributed by atoms with E-state index in [0.29, 0.717) is 22.5 Å². The molecule has 1 heterocycles. The summed E-state index contributed by atoms with van der Waals surface area (Å²) in [4.78, 5) is 4.03. The number of hydrogen-bond donors (Lipinski definition) is 3. The molecule has 0 aliphatic heterocycles. The largest absolute Gasteiger partial charge is 0.504 e. The summed E-state index contributed by atoms with van der Waals surface area (Å²) >= 11 is 0. The minimum absolute atomic E-state index is 0.00676. The van der Waals surface area contributed by atoms with Crippen molar-refractivity contribution >= 4 is 22.3 Å². The highest BCUT2D eigenvalue weighted by Gasteiger charge is 2.12. The monoisotopic (exact) mass is 189 g/mol. The molecule has 0 saturated heterocycles. The van der Waals surface area contributed by atoms with Gasteiger partial charge in [0, 0.05) is 17.3 Å². The zero-order valence-electron chi connectivity index (χ0n) is 7.78. The number of hydrogen-bond acceptors (Lipinski definition) is 4. The van der Waals surface area contributed by atoms with Crippen molar-refractivity contribution in [2.45, 2.75) is 6.92 Å². The number of anilines is 2. The maximum absolute atomic E-state index is 9.72. The Balaban J connectivity index is 3.02. The summed E-state index contributed by atoms with van der Waals surface area (Å²) < 4.78 is 0. The van der Waals surface area contributed by atoms with Crippen molar-refractivity contribution in [1.82, 2.24) is 4.98 Å². The number of phenolic OH excluding ortho intramolecular Hbond substituents is 1. The summed E-state index contributed by atoms with van der Waals surface area (Å²) in [5.74, 6) is 0.00676. The lowest BCUT2D eigenvalue weighted by Gasteiger charge is -2.10. The Morgan fingerprint density at radius 2 is 2.00 bits per heavy atom. The molecular weight excluding hydrogens is 178 g/mol. The quantitative estimate of drug-likeness (QED) is 0.332. The van der Waals surface area contributed by atoms with E-state index < -0.39 is 0 Å². The van der Waals surface area contributed by atoms with E-state index in [2.05, 4.69) is 4.98 Å². The number of nitrogens with zero attached hydrogens (tertiary/aromatic N) is 1. The van der Waals surface area contributed by atoms with Gasteiger partial charge in [-0.1, -0.05) is 0 Å². The predicted octanol–water partition coefficient (Wildman–Crippen LogP) is 1.41. The molecule has 14 heavy (non-hydrogen) atoms. The number of nitrogen functional groups attached to an aromatic ring is 2. The van der Waals surface area contributed by atoms with Gasteiger partial charge >= 0.3 is 0 Å². The van der Waals surface area contributed by atoms with E-state index in [-0.39, 0.29) is 5.75 Å². The van der Waals surface area contributed by atoms with Gasteiger partial charge in [0.05, 0.1) is 5.69 Å². The van der Waals surface area contributed by atoms with Crippen LogP contribution in [0.4, 0.5) is 11.4 Å². The average molecular weight is 189 g/mol. The van der Waals surface area contributed by atoms with Crippen molar-refractivity contribution in [3.05, 3.63) is 23.9 Å². The SMILES string of the molecule is Cc1c(N)c(O)c2ncccc2c1N. The van der Waals surface area contributed by atoms with Crippen molar-refractivity contribution in [2.75, 3.05) is 11.5 Å². The first-order chi connectivity index (χ1) is 6.63. The predicted molar refractivity (Wildman–Crippen MR) is 57.0 cm³/mol. The minimum atomic E-state index is 0.00676. The fraction of sp³-hybridized carbons (Fsp3) is 0.100. The second kappa shape index (κ2) is 2.77. The molecule has 0 fully saturated rings. The summed E-state index contributed by atoms with van der Waals surface area (Å²) in [6.07, 6.45) is 1.59. The van der Waals surface area contributed by atoms with Crippen LogP contribution in [0, 0.1) is 6.92 Å². The van der Waals surface area contributed by atoms with Crippen LogP contribution in [0.25, 0.3) is 10.9 Å². The molecule has 4 nitrogen and oxygen atoms in total. The van der Waals surface area contributed by atoms with E-state index in [1.54, 1.807) is 19.2 Å². The summed E-state index contributed by atoms with van der Waals surface area (Å²) in [7, 11) is 0. The Bertz CT molecular complexity index is 462. The molecule has 1 aromatic carbocycles. The molecule has 0 saturated carbocycles. The molecule has 1 aromatic heterocycles. The summed E-state index contributed by atoms with van der Waals surface area (Å²) in [5.41, 5.74) is 13.6. The molecule has 2 rings (SSSR count). The van der Waals surface area contributed by atoms with Gasteiger partial charge < -0.3 is 16.6 Å². The summed E-state index contributed by atoms with van der Waals surface area (Å²) in [6.45, 7) is 1.77. The van der Waals surface area contributed by atoms with Crippen molar-refractivity contribution in [1.29, 1.82) is 0 Å². The smallest absolute Gasteiger partial charge is 0.165 e. The van der Waals surface area contributed by atoms with E-state index in [4.69, 9.17) is 11.5 Å². The zero-order chi connectivity index (χ0) is 10.3. The van der Waals surface area contributed by atoms with Gasteiger partial charge in [-0.25, -0.2) is 0 Å². The first-order valence-electron chi connectivity index (χ1n) is 4.24. The van der Waals surface area contributed by atoms with E-state index >= 15 is 0 Å². The Labute approximate surface area is 81.2 Å². The average Bonchev–Trinajstić information content (AvgIpc) is 2.23. The number of pyridine rings is 1. The molecule has 0 radical (unpaired) electrons. The van der Waals surface area contributed by atoms with Gasteiger partial charge in [0.15, 0.2) is 5.75 Å². The van der Waals surface area contributed by atoms with Crippen LogP contribution in [-0.2, 0) is 0 Å². The van der Waals surface area contributed by atoms with Crippen LogP contribution in [0.15, 0.2) is 18.3 Å². The van der Waals surface area contributed by atoms with Gasteiger partial charge in [-0.2, -0.15) is 0 Å². The van der Waals surface area contributed by atoms with Crippen LogP contribution in [0.3, 0.4) is 0 Å². The molecule has 0 bridgehead atoms. The van der Waals surface area contributed by atoms with Crippen LogP contribution in [0.1, 0.15) is 5.56 Å². The van der Waals surface area contributed by atoms with Gasteiger partial charge in [0.1, 0.15) is 5.52 Å². The molecule has 72 valence electrons. The summed E-state index contributed by atoms with van der Waals surface area (Å²) in [6, 6.07) is 3.58. The highest BCUT2D eigenvalue weighted by Crippen LogP contribution is 2.36. The lowest BCUT2D eigenvalue weighted by molar-refractivity contribution is 0.482. The normalized spacial score (nSPS) is 10.6. The Kier molecular flexibility index (Phi) is 1.70. The van der Waals surface area contributed by atoms with Crippen LogP contribution >= 0.6 is 0 Å². The second-order valence-corrected chi connectivity index (χ2v) is 3.20. The van der Waals surface area contributed by atoms with E-state index in [1.165, 1.54) is 0 Å². The third-order valence-electron chi connectivity index (χ3n) is 2.39. The van der Waals surface area contributed by atoms with Gasteiger partial charge in [-0.3, -0.25) is 4.98 Å². The highest BCUT2D eigenvalue weighted by atomic mass is 16.3. The van der Waals surface area contributed by atoms with Crippen LogP contribution in [-0.4, -0.2) is 10.1 Å². The topological polar surface area (TPSA) is 85.2 Å². The van der Waals surface area contributed by atoms with E-state index in [1.807, 2.05) is 6.07 Å². The first kappa shape index (κ1) is 8.62. The Hall–Kier alpha value is -1.97. The molecule has 0 amide bonds. The zero-order valence-corrected chi connectivity index (χ0v) is 7.78. The molecule has 2 aromatic rings. The Morgan fingerprint density at radius 1 is 1.29 bits per heavy atom. The van der Waals surface area contributed by atoms with Crippen LogP contribution < -0.4 is 11.5 Å². The fourth-order valence-electron chi connectivity index (χ4n) is 1.46. The maximum Gasteiger partial charge on any atom is 0.165 e. The molecule has 4 heteroatoms. The first-order valence-corrected chi connectivity index (χ1v) is 4.24. The third kappa shape index (κ3) is 0.970. The number of aromatic hydroxyl groups is 1. The lowest BCUT2D eigenvalue weighted by Crippen LogP contribution is -1.98. The molecule has 0 spiro atoms. The van der Waals surface area contributed by atoms with E-state index in [0.717, 1.165) is 5.39 Å². The van der Waals surface area contributed by atoms with Crippen molar-refractivity contribution in [3.63, 3.8) is 0 Å². The van der Waals surface area contributed by atoms with Crippen LogP contribution in [0.5, 0.6) is 5.75 Å². The van der Waals surface area contributed by atoms with E-state index in [9.17, 15) is 5.11 Å². The van der Waals surface area contributed by atoms with Crippen LogP contribution in [0.2, 0.25) is 0 Å². The molecule has 5 N–H and O–H groups in total. The minimum Gasteiger partial charge on any atom is -0.504 e. The Morgan fingerprint density at radius 3 is 2.71 bits per heavy atom. The fourth-order valence-corrected chi connectivity index (χ4v) is 1.46. The number of fused-ring (bicyclic) bond motifs is 1. The van der Waals surface area contributed by atoms with Gasteiger partial charge in [-0.15, -0.1) is 0 Å². The lowest BCUT2D eigenvalue weighted by atomic mass is 10.1. The standard InChI is InChI=1S/C10H11N3O/c1-5-7(11)6-3-2-4-13-9(6)10(14)8(5)12/h2-4,14H,11-12H2,1H3. The number of rotatable bonds is 0.